The van der Waals surface area contributed by atoms with Crippen LogP contribution >= 0.6 is 0 Å². The molecule has 0 aromatic heterocycles. The highest BCUT2D eigenvalue weighted by Crippen LogP contribution is 2.62. The average molecular weight is 758 g/mol. The van der Waals surface area contributed by atoms with Crippen LogP contribution in [0.2, 0.25) is 0 Å². The van der Waals surface area contributed by atoms with Crippen molar-refractivity contribution in [2.75, 3.05) is 32.9 Å². The summed E-state index contributed by atoms with van der Waals surface area (Å²) in [6, 6.07) is 14.9. The highest BCUT2D eigenvalue weighted by atomic mass is 16.7. The largest absolute Gasteiger partial charge is 0.459 e. The Balaban J connectivity index is 1.56. The van der Waals surface area contributed by atoms with Crippen molar-refractivity contribution in [3.8, 4) is 11.5 Å². The minimum absolute atomic E-state index is 0.0243. The summed E-state index contributed by atoms with van der Waals surface area (Å²) in [5.41, 5.74) is 3.63. The summed E-state index contributed by atoms with van der Waals surface area (Å²) >= 11 is 0. The Morgan fingerprint density at radius 1 is 1.05 bits per heavy atom. The van der Waals surface area contributed by atoms with Gasteiger partial charge in [0.25, 0.3) is 0 Å². The molecule has 0 bridgehead atoms. The van der Waals surface area contributed by atoms with Crippen molar-refractivity contribution in [1.29, 1.82) is 0 Å². The van der Waals surface area contributed by atoms with Gasteiger partial charge >= 0.3 is 6.09 Å². The molecule has 3 N–H and O–H groups in total. The Labute approximate surface area is 325 Å². The Kier molecular flexibility index (Phi) is 14.1. The third-order valence-corrected chi connectivity index (χ3v) is 11.5. The number of nitrogens with one attached hydrogen (secondary N) is 1. The molecule has 6 rings (SSSR count). The van der Waals surface area contributed by atoms with Gasteiger partial charge in [0.15, 0.2) is 0 Å². The number of carbonyl (C=O) groups is 2. The number of fused-ring (bicyclic) bond motifs is 2. The van der Waals surface area contributed by atoms with E-state index in [-0.39, 0.29) is 56.0 Å². The van der Waals surface area contributed by atoms with Crippen LogP contribution < -0.4 is 14.8 Å². The topological polar surface area (TPSA) is 139 Å². The van der Waals surface area contributed by atoms with Gasteiger partial charge in [-0.2, -0.15) is 0 Å². The SMILES string of the molecule is C=CCOC12Oc3ccc(OC(=O)NCC)cc3C3C(CCCCO)C(CCCCO)C=C(C(=NOCc4ccccc4)CC1N(CCC)C(=O)C1CC1)C32. The molecule has 1 aliphatic heterocycles. The molecule has 298 valence electrons. The van der Waals surface area contributed by atoms with Crippen molar-refractivity contribution in [3.05, 3.63) is 84.0 Å². The maximum Gasteiger partial charge on any atom is 0.412 e. The minimum atomic E-state index is -1.30. The summed E-state index contributed by atoms with van der Waals surface area (Å²) in [6.07, 6.45) is 11.0. The molecule has 0 spiro atoms. The van der Waals surface area contributed by atoms with Gasteiger partial charge in [-0.15, -0.1) is 6.58 Å². The zero-order valence-corrected chi connectivity index (χ0v) is 32.5. The van der Waals surface area contributed by atoms with Crippen molar-refractivity contribution in [1.82, 2.24) is 10.2 Å². The van der Waals surface area contributed by atoms with Gasteiger partial charge in [-0.25, -0.2) is 4.79 Å². The van der Waals surface area contributed by atoms with Crippen LogP contribution in [0.3, 0.4) is 0 Å². The number of carbonyl (C=O) groups excluding carboxylic acids is 2. The van der Waals surface area contributed by atoms with E-state index in [9.17, 15) is 19.8 Å². The van der Waals surface area contributed by atoms with Gasteiger partial charge in [0, 0.05) is 50.1 Å². The van der Waals surface area contributed by atoms with Crippen molar-refractivity contribution < 1.29 is 38.9 Å². The minimum Gasteiger partial charge on any atom is -0.459 e. The highest BCUT2D eigenvalue weighted by Gasteiger charge is 2.65. The zero-order valence-electron chi connectivity index (χ0n) is 32.5. The number of aliphatic hydroxyl groups excluding tert-OH is 2. The Morgan fingerprint density at radius 3 is 2.51 bits per heavy atom. The van der Waals surface area contributed by atoms with E-state index in [0.717, 1.165) is 67.4 Å². The fraction of sp³-hybridized carbons (Fsp3) is 0.568. The molecule has 6 atom stereocenters. The molecule has 0 radical (unpaired) electrons. The highest BCUT2D eigenvalue weighted by molar-refractivity contribution is 6.03. The molecule has 11 heteroatoms. The number of ether oxygens (including phenoxy) is 3. The number of hydrogen-bond acceptors (Lipinski definition) is 9. The van der Waals surface area contributed by atoms with Crippen LogP contribution in [-0.4, -0.2) is 77.6 Å². The number of rotatable bonds is 20. The van der Waals surface area contributed by atoms with E-state index in [4.69, 9.17) is 24.2 Å². The quantitative estimate of drug-likeness (QED) is 0.0728. The van der Waals surface area contributed by atoms with E-state index in [1.165, 1.54) is 0 Å². The van der Waals surface area contributed by atoms with Crippen molar-refractivity contribution >= 4 is 17.7 Å². The van der Waals surface area contributed by atoms with E-state index >= 15 is 0 Å². The van der Waals surface area contributed by atoms with E-state index in [1.54, 1.807) is 12.1 Å². The Hall–Kier alpha value is -4.19. The number of hydrogen-bond donors (Lipinski definition) is 3. The fourth-order valence-electron chi connectivity index (χ4n) is 8.98. The molecule has 1 heterocycles. The van der Waals surface area contributed by atoms with Crippen LogP contribution in [0.1, 0.15) is 95.1 Å². The number of allylic oxidation sites excluding steroid dienone is 1. The van der Waals surface area contributed by atoms with Crippen LogP contribution in [-0.2, 0) is 21.0 Å². The first-order valence-corrected chi connectivity index (χ1v) is 20.4. The molecule has 2 fully saturated rings. The third-order valence-electron chi connectivity index (χ3n) is 11.5. The predicted molar refractivity (Wildman–Crippen MR) is 211 cm³/mol. The fourth-order valence-corrected chi connectivity index (χ4v) is 8.98. The molecular weight excluding hydrogens is 698 g/mol. The lowest BCUT2D eigenvalue weighted by Crippen LogP contribution is -2.70. The standard InChI is InChI=1S/C44H59N3O8/c1-4-22-47(42(50)31-18-19-31)39-28-37(46-53-29-30-14-8-7-9-15-30)35-26-32(16-10-12-23-48)34(17-11-13-24-49)40-36-27-33(54-43(51)45-6-3)20-21-38(36)55-44(39,41(35)40)52-25-5-2/h5,7-9,14-15,20-21,26-27,31-32,34,39-41,48-49H,2,4,6,10-13,16-19,22-25,28-29H2,1,3H3,(H,45,51). The summed E-state index contributed by atoms with van der Waals surface area (Å²) in [7, 11) is 0. The number of benzene rings is 2. The van der Waals surface area contributed by atoms with Gasteiger partial charge in [0.05, 0.1) is 18.2 Å². The number of amides is 2. The van der Waals surface area contributed by atoms with E-state index in [0.29, 0.717) is 43.9 Å². The van der Waals surface area contributed by atoms with Gasteiger partial charge < -0.3 is 39.5 Å². The molecule has 3 aliphatic carbocycles. The lowest BCUT2D eigenvalue weighted by atomic mass is 9.55. The van der Waals surface area contributed by atoms with Crippen LogP contribution in [0.5, 0.6) is 11.5 Å². The van der Waals surface area contributed by atoms with Crippen LogP contribution in [0.25, 0.3) is 0 Å². The molecule has 11 nitrogen and oxygen atoms in total. The van der Waals surface area contributed by atoms with Crippen LogP contribution in [0.4, 0.5) is 4.79 Å². The number of unbranched alkanes of at least 4 members (excludes halogenated alkanes) is 2. The molecule has 4 aliphatic rings. The predicted octanol–water partition coefficient (Wildman–Crippen LogP) is 7.28. The maximum absolute atomic E-state index is 14.3. The lowest BCUT2D eigenvalue weighted by Gasteiger charge is -2.60. The first-order chi connectivity index (χ1) is 26.9. The molecule has 2 aromatic rings. The number of aliphatic hydroxyl groups is 2. The van der Waals surface area contributed by atoms with E-state index in [1.807, 2.05) is 54.3 Å². The van der Waals surface area contributed by atoms with Gasteiger partial charge in [-0.3, -0.25) is 4.79 Å². The van der Waals surface area contributed by atoms with E-state index < -0.39 is 23.8 Å². The average Bonchev–Trinajstić information content (AvgIpc) is 4.04. The van der Waals surface area contributed by atoms with Crippen molar-refractivity contribution in [2.45, 2.75) is 102 Å². The first-order valence-electron chi connectivity index (χ1n) is 20.4. The first kappa shape index (κ1) is 40.5. The second kappa shape index (κ2) is 19.1. The number of oxime groups is 1. The monoisotopic (exact) mass is 757 g/mol. The van der Waals surface area contributed by atoms with Gasteiger partial charge in [-0.1, -0.05) is 67.4 Å². The van der Waals surface area contributed by atoms with Crippen molar-refractivity contribution in [2.24, 2.45) is 28.8 Å². The molecule has 2 saturated carbocycles. The summed E-state index contributed by atoms with van der Waals surface area (Å²) in [5, 5.41) is 27.3. The smallest absolute Gasteiger partial charge is 0.412 e. The lowest BCUT2D eigenvalue weighted by molar-refractivity contribution is -0.257. The second-order valence-electron chi connectivity index (χ2n) is 15.3. The van der Waals surface area contributed by atoms with Gasteiger partial charge in [0.1, 0.15) is 24.1 Å². The summed E-state index contributed by atoms with van der Waals surface area (Å²) < 4.78 is 20.1. The Bertz CT molecular complexity index is 1680. The summed E-state index contributed by atoms with van der Waals surface area (Å²) in [5.74, 6) is -0.657. The molecular formula is C44H59N3O8. The van der Waals surface area contributed by atoms with Gasteiger partial charge in [-0.05, 0) is 93.0 Å². The van der Waals surface area contributed by atoms with E-state index in [2.05, 4.69) is 24.9 Å². The summed E-state index contributed by atoms with van der Waals surface area (Å²) in [4.78, 5) is 35.2. The van der Waals surface area contributed by atoms with Gasteiger partial charge in [0.2, 0.25) is 11.7 Å². The van der Waals surface area contributed by atoms with Crippen LogP contribution in [0, 0.1) is 23.7 Å². The molecule has 6 unspecified atom stereocenters. The normalized spacial score (nSPS) is 25.9. The Morgan fingerprint density at radius 2 is 1.82 bits per heavy atom. The van der Waals surface area contributed by atoms with Crippen LogP contribution in [0.15, 0.2) is 78.0 Å². The maximum atomic E-state index is 14.3. The summed E-state index contributed by atoms with van der Waals surface area (Å²) in [6.45, 7) is 9.61. The second-order valence-corrected chi connectivity index (χ2v) is 15.3. The third kappa shape index (κ3) is 9.11. The van der Waals surface area contributed by atoms with Crippen molar-refractivity contribution in [3.63, 3.8) is 0 Å². The molecule has 55 heavy (non-hydrogen) atoms. The molecule has 2 aromatic carbocycles. The zero-order chi connectivity index (χ0) is 38.8. The number of nitrogens with zero attached hydrogens (tertiary/aromatic N) is 2. The molecule has 0 saturated heterocycles. The molecule has 2 amide bonds.